The van der Waals surface area contributed by atoms with E-state index in [9.17, 15) is 19.2 Å². The van der Waals surface area contributed by atoms with E-state index in [0.29, 0.717) is 70.1 Å². The maximum atomic E-state index is 14.6. The number of hydrogen-bond donors (Lipinski definition) is 0. The van der Waals surface area contributed by atoms with Crippen molar-refractivity contribution in [3.8, 4) is 5.88 Å². The highest BCUT2D eigenvalue weighted by molar-refractivity contribution is 6.99. The first-order valence-corrected chi connectivity index (χ1v) is 20.5. The summed E-state index contributed by atoms with van der Waals surface area (Å²) in [5.41, 5.74) is -5.18. The van der Waals surface area contributed by atoms with Crippen LogP contribution in [0.3, 0.4) is 0 Å². The van der Waals surface area contributed by atoms with Gasteiger partial charge in [-0.15, -0.1) is 4.37 Å². The quantitative estimate of drug-likeness (QED) is 0.114. The van der Waals surface area contributed by atoms with Crippen molar-refractivity contribution in [2.75, 3.05) is 44.4 Å². The number of nitrogens with zero attached hydrogens (tertiary/aromatic N) is 4. The number of ether oxygens (including phenoxy) is 5. The molecule has 0 saturated carbocycles. The van der Waals surface area contributed by atoms with Crippen molar-refractivity contribution in [1.82, 2.24) is 13.6 Å². The fourth-order valence-electron chi connectivity index (χ4n) is 7.25. The van der Waals surface area contributed by atoms with Gasteiger partial charge >= 0.3 is 0 Å². The first-order chi connectivity index (χ1) is 25.0. The Morgan fingerprint density at radius 2 is 1.31 bits per heavy atom. The molecule has 310 valence electrons. The summed E-state index contributed by atoms with van der Waals surface area (Å²) in [5, 5.41) is 0. The van der Waals surface area contributed by atoms with Crippen molar-refractivity contribution in [2.24, 2.45) is 0 Å². The van der Waals surface area contributed by atoms with Gasteiger partial charge in [0, 0.05) is 25.2 Å². The fourth-order valence-corrected chi connectivity index (χ4v) is 7.77. The van der Waals surface area contributed by atoms with E-state index in [4.69, 9.17) is 23.7 Å². The van der Waals surface area contributed by atoms with Gasteiger partial charge in [0.15, 0.2) is 23.1 Å². The van der Waals surface area contributed by atoms with Gasteiger partial charge < -0.3 is 28.6 Å². The minimum Gasteiger partial charge on any atom is -0.472 e. The third-order valence-electron chi connectivity index (χ3n) is 11.6. The van der Waals surface area contributed by atoms with E-state index >= 15 is 0 Å². The van der Waals surface area contributed by atoms with Gasteiger partial charge in [0.2, 0.25) is 5.82 Å². The van der Waals surface area contributed by atoms with Crippen molar-refractivity contribution in [3.05, 3.63) is 0 Å². The monoisotopic (exact) mass is 782 g/mol. The third-order valence-corrected chi connectivity index (χ3v) is 12.1. The van der Waals surface area contributed by atoms with Crippen LogP contribution in [-0.2, 0) is 38.1 Å². The molecule has 1 aromatic heterocycles. The minimum atomic E-state index is -1.35. The van der Waals surface area contributed by atoms with E-state index in [-0.39, 0.29) is 36.3 Å². The molecule has 0 spiro atoms. The predicted octanol–water partition coefficient (Wildman–Crippen LogP) is 6.43. The molecule has 2 heterocycles. The molecular weight excluding hydrogens is 713 g/mol. The summed E-state index contributed by atoms with van der Waals surface area (Å²) in [6, 6.07) is 0. The van der Waals surface area contributed by atoms with Gasteiger partial charge in [0.25, 0.3) is 5.88 Å². The zero-order valence-corrected chi connectivity index (χ0v) is 36.7. The number of carbonyl (C=O) groups is 4. The second-order valence-corrected chi connectivity index (χ2v) is 16.7. The van der Waals surface area contributed by atoms with E-state index in [2.05, 4.69) is 18.5 Å². The van der Waals surface area contributed by atoms with Crippen LogP contribution in [-0.4, -0.2) is 122 Å². The molecule has 0 amide bonds. The number of carbonyl (C=O) groups excluding carboxylic acids is 4. The van der Waals surface area contributed by atoms with E-state index in [1.807, 2.05) is 62.3 Å². The second-order valence-electron chi connectivity index (χ2n) is 16.2. The molecule has 13 nitrogen and oxygen atoms in total. The summed E-state index contributed by atoms with van der Waals surface area (Å²) >= 11 is 1.05. The highest BCUT2D eigenvalue weighted by Gasteiger charge is 2.49. The summed E-state index contributed by atoms with van der Waals surface area (Å²) < 4.78 is 40.3. The highest BCUT2D eigenvalue weighted by Crippen LogP contribution is 2.35. The molecular formula is C40H70N4O9S. The average Bonchev–Trinajstić information content (AvgIpc) is 3.62. The lowest BCUT2D eigenvalue weighted by Crippen LogP contribution is -2.65. The topological polar surface area (TPSA) is 147 Å². The lowest BCUT2D eigenvalue weighted by molar-refractivity contribution is -0.182. The first-order valence-electron chi connectivity index (χ1n) is 19.7. The smallest absolute Gasteiger partial charge is 0.270 e. The molecule has 2 rings (SSSR count). The lowest BCUT2D eigenvalue weighted by atomic mass is 9.83. The molecule has 0 aromatic carbocycles. The van der Waals surface area contributed by atoms with Crippen molar-refractivity contribution in [2.45, 2.75) is 182 Å². The van der Waals surface area contributed by atoms with Gasteiger partial charge in [0.1, 0.15) is 41.7 Å². The molecule has 1 fully saturated rings. The molecule has 1 aliphatic heterocycles. The second kappa shape index (κ2) is 19.7. The van der Waals surface area contributed by atoms with E-state index in [0.717, 1.165) is 11.7 Å². The highest BCUT2D eigenvalue weighted by atomic mass is 32.1. The van der Waals surface area contributed by atoms with Crippen molar-refractivity contribution in [3.63, 3.8) is 0 Å². The number of aromatic nitrogens is 2. The fraction of sp³-hybridized carbons (Fsp3) is 0.850. The largest absolute Gasteiger partial charge is 0.472 e. The molecule has 6 atom stereocenters. The summed E-state index contributed by atoms with van der Waals surface area (Å²) in [4.78, 5) is 58.4. The summed E-state index contributed by atoms with van der Waals surface area (Å²) in [7, 11) is 0. The van der Waals surface area contributed by atoms with Gasteiger partial charge in [-0.1, -0.05) is 34.6 Å². The predicted molar refractivity (Wildman–Crippen MR) is 212 cm³/mol. The molecule has 1 aromatic rings. The number of rotatable bonds is 24. The summed E-state index contributed by atoms with van der Waals surface area (Å²) in [5.74, 6) is 0.234. The zero-order valence-electron chi connectivity index (χ0n) is 35.9. The molecule has 0 radical (unpaired) electrons. The molecule has 0 aliphatic carbocycles. The maximum Gasteiger partial charge on any atom is 0.270 e. The Labute approximate surface area is 328 Å². The molecule has 0 N–H and O–H groups in total. The van der Waals surface area contributed by atoms with Crippen LogP contribution in [0.15, 0.2) is 0 Å². The van der Waals surface area contributed by atoms with Crippen LogP contribution in [0.5, 0.6) is 5.88 Å². The van der Waals surface area contributed by atoms with Crippen LogP contribution in [0, 0.1) is 0 Å². The Balaban J connectivity index is 2.60. The Morgan fingerprint density at radius 3 is 1.78 bits per heavy atom. The minimum absolute atomic E-state index is 0.00722. The van der Waals surface area contributed by atoms with E-state index < -0.39 is 46.2 Å². The Hall–Kier alpha value is -2.36. The SMILES string of the molecule is CCC(C)(OC(C)C(=O)C(C)(CC)O[C@H](COc1nsnc1N1CCOCC1)CN(C(C)(C)C)C(C)(CC)C(=O)C(C)OC(CC)(CC)C(C)=O)C(C)=O. The Bertz CT molecular complexity index is 1410. The standard InChI is InChI=1S/C40H70N4O9S/c1-16-37(13,32(47)27(6)52-40(19-4,20-5)30(9)46)44(36(10,11)12)25-31(26-50-35-34(41-54-42-35)43-21-23-49-24-22-43)53-39(15,18-3)33(48)28(7)51-38(14,17-2)29(8)45/h27-28,31H,16-26H2,1-15H3/t27?,28?,31-,37?,38?,39?/m0/s1. The van der Waals surface area contributed by atoms with Crippen molar-refractivity contribution >= 4 is 40.7 Å². The number of Topliss-reactive ketones (excluding diaryl/α,β-unsaturated/α-hetero) is 4. The zero-order chi connectivity index (χ0) is 41.3. The van der Waals surface area contributed by atoms with Gasteiger partial charge in [-0.3, -0.25) is 24.1 Å². The normalized spacial score (nSPS) is 19.3. The number of hydrogen-bond acceptors (Lipinski definition) is 14. The maximum absolute atomic E-state index is 14.6. The average molecular weight is 783 g/mol. The van der Waals surface area contributed by atoms with Crippen molar-refractivity contribution in [1.29, 1.82) is 0 Å². The van der Waals surface area contributed by atoms with Crippen LogP contribution in [0.2, 0.25) is 0 Å². The van der Waals surface area contributed by atoms with Gasteiger partial charge in [-0.25, -0.2) is 0 Å². The number of anilines is 1. The molecule has 0 bridgehead atoms. The Morgan fingerprint density at radius 1 is 0.759 bits per heavy atom. The molecule has 14 heteroatoms. The molecule has 1 aliphatic rings. The summed E-state index contributed by atoms with van der Waals surface area (Å²) in [6.07, 6.45) is -0.544. The van der Waals surface area contributed by atoms with Gasteiger partial charge in [-0.2, -0.15) is 4.37 Å². The third kappa shape index (κ3) is 11.1. The lowest BCUT2D eigenvalue weighted by Gasteiger charge is -2.50. The van der Waals surface area contributed by atoms with E-state index in [1.165, 1.54) is 13.8 Å². The van der Waals surface area contributed by atoms with E-state index in [1.54, 1.807) is 27.7 Å². The van der Waals surface area contributed by atoms with Crippen LogP contribution in [0.4, 0.5) is 5.82 Å². The van der Waals surface area contributed by atoms with Crippen LogP contribution in [0.1, 0.15) is 136 Å². The van der Waals surface area contributed by atoms with Crippen molar-refractivity contribution < 1.29 is 42.9 Å². The molecule has 5 unspecified atom stereocenters. The number of morpholine rings is 1. The first kappa shape index (κ1) is 47.8. The van der Waals surface area contributed by atoms with Gasteiger partial charge in [0.05, 0.1) is 30.5 Å². The molecule has 54 heavy (non-hydrogen) atoms. The van der Waals surface area contributed by atoms with Crippen LogP contribution >= 0.6 is 11.7 Å². The van der Waals surface area contributed by atoms with Crippen LogP contribution in [0.25, 0.3) is 0 Å². The Kier molecular flexibility index (Phi) is 17.4. The summed E-state index contributed by atoms with van der Waals surface area (Å²) in [6.45, 7) is 29.9. The number of ketones is 4. The van der Waals surface area contributed by atoms with Gasteiger partial charge in [-0.05, 0) is 101 Å². The van der Waals surface area contributed by atoms with Crippen LogP contribution < -0.4 is 9.64 Å². The molecule has 1 saturated heterocycles.